The first-order valence-electron chi connectivity index (χ1n) is 7.25. The Balaban J connectivity index is 2.37. The van der Waals surface area contributed by atoms with E-state index in [1.807, 2.05) is 11.8 Å². The van der Waals surface area contributed by atoms with Crippen molar-refractivity contribution in [3.05, 3.63) is 0 Å². The molecule has 0 spiro atoms. The van der Waals surface area contributed by atoms with E-state index in [1.54, 1.807) is 0 Å². The molecule has 0 aromatic carbocycles. The molecular formula is C12H25N5O4S. The zero-order valence-corrected chi connectivity index (χ0v) is 14.1. The molecule has 0 saturated carbocycles. The molecule has 1 saturated heterocycles. The average molecular weight is 335 g/mol. The van der Waals surface area contributed by atoms with Gasteiger partial charge < -0.3 is 5.32 Å². The highest BCUT2D eigenvalue weighted by molar-refractivity contribution is 7.86. The molecule has 1 heterocycles. The maximum absolute atomic E-state index is 12.0. The van der Waals surface area contributed by atoms with Gasteiger partial charge in [0.25, 0.3) is 10.2 Å². The van der Waals surface area contributed by atoms with Gasteiger partial charge in [-0.25, -0.2) is 4.79 Å². The minimum absolute atomic E-state index is 0.0788. The minimum Gasteiger partial charge on any atom is -0.338 e. The van der Waals surface area contributed by atoms with E-state index >= 15 is 0 Å². The van der Waals surface area contributed by atoms with E-state index in [9.17, 15) is 18.0 Å². The van der Waals surface area contributed by atoms with E-state index in [0.29, 0.717) is 32.7 Å². The molecule has 0 aromatic heterocycles. The van der Waals surface area contributed by atoms with E-state index in [-0.39, 0.29) is 6.54 Å². The summed E-state index contributed by atoms with van der Waals surface area (Å²) < 4.78 is 26.5. The molecule has 2 N–H and O–H groups in total. The molecule has 22 heavy (non-hydrogen) atoms. The van der Waals surface area contributed by atoms with Crippen LogP contribution in [0.4, 0.5) is 4.79 Å². The lowest BCUT2D eigenvalue weighted by Crippen LogP contribution is -2.54. The summed E-state index contributed by atoms with van der Waals surface area (Å²) in [7, 11) is -0.426. The molecule has 128 valence electrons. The van der Waals surface area contributed by atoms with Crippen molar-refractivity contribution in [2.45, 2.75) is 13.3 Å². The molecule has 0 unspecified atom stereocenters. The van der Waals surface area contributed by atoms with E-state index < -0.39 is 22.1 Å². The van der Waals surface area contributed by atoms with E-state index in [1.165, 1.54) is 22.7 Å². The van der Waals surface area contributed by atoms with Crippen molar-refractivity contribution in [3.8, 4) is 0 Å². The standard InChI is InChI=1S/C12H25N5O4S/c1-4-5-13-12(19)14-11(18)10-16-6-8-17(9-7-16)22(20,21)15(2)3/h4-10H2,1-3H3,(H2,13,14,18,19). The molecule has 0 aliphatic carbocycles. The van der Waals surface area contributed by atoms with Crippen LogP contribution in [0, 0.1) is 0 Å². The summed E-state index contributed by atoms with van der Waals surface area (Å²) in [5.41, 5.74) is 0. The third-order valence-corrected chi connectivity index (χ3v) is 5.22. The second-order valence-electron chi connectivity index (χ2n) is 5.27. The quantitative estimate of drug-likeness (QED) is 0.625. The topological polar surface area (TPSA) is 102 Å². The Hall–Kier alpha value is -1.23. The number of hydrogen-bond acceptors (Lipinski definition) is 5. The van der Waals surface area contributed by atoms with Crippen molar-refractivity contribution in [2.75, 3.05) is 53.4 Å². The number of rotatable bonds is 6. The Morgan fingerprint density at radius 2 is 1.73 bits per heavy atom. The van der Waals surface area contributed by atoms with Crippen LogP contribution in [-0.4, -0.2) is 87.2 Å². The van der Waals surface area contributed by atoms with Gasteiger partial charge in [0.05, 0.1) is 6.54 Å². The van der Waals surface area contributed by atoms with Crippen molar-refractivity contribution in [2.24, 2.45) is 0 Å². The number of nitrogens with one attached hydrogen (secondary N) is 2. The number of nitrogens with zero attached hydrogens (tertiary/aromatic N) is 3. The van der Waals surface area contributed by atoms with Crippen molar-refractivity contribution in [1.82, 2.24) is 24.1 Å². The second kappa shape index (κ2) is 8.42. The number of imide groups is 1. The van der Waals surface area contributed by atoms with Crippen LogP contribution >= 0.6 is 0 Å². The van der Waals surface area contributed by atoms with Gasteiger partial charge in [0.1, 0.15) is 0 Å². The lowest BCUT2D eigenvalue weighted by Gasteiger charge is -2.34. The van der Waals surface area contributed by atoms with Gasteiger partial charge in [-0.2, -0.15) is 17.0 Å². The van der Waals surface area contributed by atoms with Gasteiger partial charge in [-0.1, -0.05) is 6.92 Å². The summed E-state index contributed by atoms with van der Waals surface area (Å²) in [6.07, 6.45) is 0.796. The highest BCUT2D eigenvalue weighted by Gasteiger charge is 2.29. The largest absolute Gasteiger partial charge is 0.338 e. The summed E-state index contributed by atoms with van der Waals surface area (Å²) in [5.74, 6) is -0.391. The van der Waals surface area contributed by atoms with E-state index in [0.717, 1.165) is 6.42 Å². The van der Waals surface area contributed by atoms with Crippen LogP contribution in [0.3, 0.4) is 0 Å². The van der Waals surface area contributed by atoms with Crippen LogP contribution in [0.15, 0.2) is 0 Å². The summed E-state index contributed by atoms with van der Waals surface area (Å²) in [6, 6.07) is -0.499. The van der Waals surface area contributed by atoms with Crippen molar-refractivity contribution in [1.29, 1.82) is 0 Å². The lowest BCUT2D eigenvalue weighted by molar-refractivity contribution is -0.121. The van der Waals surface area contributed by atoms with Crippen molar-refractivity contribution in [3.63, 3.8) is 0 Å². The lowest BCUT2D eigenvalue weighted by atomic mass is 10.3. The summed E-state index contributed by atoms with van der Waals surface area (Å²) in [4.78, 5) is 24.9. The molecule has 0 radical (unpaired) electrons. The van der Waals surface area contributed by atoms with Gasteiger partial charge in [-0.3, -0.25) is 15.0 Å². The molecule has 0 bridgehead atoms. The summed E-state index contributed by atoms with van der Waals surface area (Å²) in [6.45, 7) is 4.08. The highest BCUT2D eigenvalue weighted by atomic mass is 32.2. The van der Waals surface area contributed by atoms with Gasteiger partial charge in [-0.15, -0.1) is 0 Å². The van der Waals surface area contributed by atoms with Gasteiger partial charge in [0, 0.05) is 46.8 Å². The van der Waals surface area contributed by atoms with Gasteiger partial charge >= 0.3 is 6.03 Å². The molecule has 3 amide bonds. The van der Waals surface area contributed by atoms with Crippen molar-refractivity contribution >= 4 is 22.1 Å². The molecule has 9 nitrogen and oxygen atoms in total. The Morgan fingerprint density at radius 1 is 1.14 bits per heavy atom. The van der Waals surface area contributed by atoms with Gasteiger partial charge in [0.15, 0.2) is 0 Å². The fourth-order valence-corrected chi connectivity index (χ4v) is 3.09. The summed E-state index contributed by atoms with van der Waals surface area (Å²) >= 11 is 0. The van der Waals surface area contributed by atoms with Gasteiger partial charge in [-0.05, 0) is 6.42 Å². The van der Waals surface area contributed by atoms with Crippen LogP contribution in [-0.2, 0) is 15.0 Å². The Kier molecular flexibility index (Phi) is 7.20. The first-order valence-corrected chi connectivity index (χ1v) is 8.64. The smallest absolute Gasteiger partial charge is 0.321 e. The normalized spacial score (nSPS) is 17.5. The molecule has 0 atom stereocenters. The average Bonchev–Trinajstić information content (AvgIpc) is 2.45. The zero-order valence-electron chi connectivity index (χ0n) is 13.3. The van der Waals surface area contributed by atoms with Crippen LogP contribution in [0.1, 0.15) is 13.3 Å². The predicted molar refractivity (Wildman–Crippen MR) is 82.5 cm³/mol. The Morgan fingerprint density at radius 3 is 2.23 bits per heavy atom. The predicted octanol–water partition coefficient (Wildman–Crippen LogP) is -1.35. The number of carbonyl (C=O) groups excluding carboxylic acids is 2. The fraction of sp³-hybridized carbons (Fsp3) is 0.833. The van der Waals surface area contributed by atoms with Crippen LogP contribution in [0.25, 0.3) is 0 Å². The summed E-state index contributed by atoms with van der Waals surface area (Å²) in [5, 5.41) is 4.81. The maximum Gasteiger partial charge on any atom is 0.321 e. The monoisotopic (exact) mass is 335 g/mol. The Bertz CT molecular complexity index is 486. The number of hydrogen-bond donors (Lipinski definition) is 2. The maximum atomic E-state index is 12.0. The minimum atomic E-state index is -3.41. The number of amides is 3. The first-order chi connectivity index (χ1) is 10.3. The SMILES string of the molecule is CCCNC(=O)NC(=O)CN1CCN(S(=O)(=O)N(C)C)CC1. The zero-order chi connectivity index (χ0) is 16.8. The van der Waals surface area contributed by atoms with Crippen molar-refractivity contribution < 1.29 is 18.0 Å². The molecule has 0 aromatic rings. The molecule has 1 fully saturated rings. The van der Waals surface area contributed by atoms with Crippen LogP contribution in [0.2, 0.25) is 0 Å². The first kappa shape index (κ1) is 18.8. The van der Waals surface area contributed by atoms with Crippen LogP contribution in [0.5, 0.6) is 0 Å². The van der Waals surface area contributed by atoms with Gasteiger partial charge in [0.2, 0.25) is 5.91 Å². The molecule has 1 aliphatic heterocycles. The second-order valence-corrected chi connectivity index (χ2v) is 7.41. The van der Waals surface area contributed by atoms with Crippen LogP contribution < -0.4 is 10.6 Å². The molecule has 10 heteroatoms. The molecule has 1 aliphatic rings. The highest BCUT2D eigenvalue weighted by Crippen LogP contribution is 2.09. The Labute approximate surface area is 131 Å². The fourth-order valence-electron chi connectivity index (χ4n) is 2.00. The third-order valence-electron chi connectivity index (χ3n) is 3.27. The number of urea groups is 1. The molecule has 1 rings (SSSR count). The van der Waals surface area contributed by atoms with E-state index in [2.05, 4.69) is 10.6 Å². The number of carbonyl (C=O) groups is 2. The third kappa shape index (κ3) is 5.52. The molecular weight excluding hydrogens is 310 g/mol. The number of piperazine rings is 1. The van der Waals surface area contributed by atoms with E-state index in [4.69, 9.17) is 0 Å².